The Morgan fingerprint density at radius 1 is 1.04 bits per heavy atom. The van der Waals surface area contributed by atoms with Gasteiger partial charge in [-0.3, -0.25) is 4.68 Å². The van der Waals surface area contributed by atoms with Gasteiger partial charge in [0.05, 0.1) is 10.6 Å². The van der Waals surface area contributed by atoms with E-state index in [4.69, 9.17) is 0 Å². The van der Waals surface area contributed by atoms with Crippen LogP contribution in [-0.4, -0.2) is 35.5 Å². The predicted molar refractivity (Wildman–Crippen MR) is 108 cm³/mol. The summed E-state index contributed by atoms with van der Waals surface area (Å²) >= 11 is 0. The van der Waals surface area contributed by atoms with Crippen molar-refractivity contribution in [3.63, 3.8) is 0 Å². The van der Waals surface area contributed by atoms with Gasteiger partial charge in [-0.25, -0.2) is 13.2 Å². The first kappa shape index (κ1) is 19.8. The SMILES string of the molecule is CC(C)Cn1nc(C(=O)O)cc1-c1ccc(-c2cccc(S(C)(=O)=O)c2)cc1. The number of sulfone groups is 1. The number of nitrogens with zero attached hydrogens (tertiary/aromatic N) is 2. The summed E-state index contributed by atoms with van der Waals surface area (Å²) in [5.74, 6) is -0.740. The molecule has 0 saturated carbocycles. The molecule has 0 aliphatic heterocycles. The van der Waals surface area contributed by atoms with E-state index < -0.39 is 15.8 Å². The molecule has 0 unspecified atom stereocenters. The number of benzene rings is 2. The zero-order chi connectivity index (χ0) is 20.5. The molecule has 0 bridgehead atoms. The van der Waals surface area contributed by atoms with Crippen molar-refractivity contribution >= 4 is 15.8 Å². The maximum Gasteiger partial charge on any atom is 0.356 e. The van der Waals surface area contributed by atoms with Gasteiger partial charge in [-0.05, 0) is 40.8 Å². The molecule has 7 heteroatoms. The Bertz CT molecular complexity index is 1110. The molecule has 3 aromatic rings. The van der Waals surface area contributed by atoms with Gasteiger partial charge < -0.3 is 5.11 Å². The van der Waals surface area contributed by atoms with Crippen LogP contribution in [0.1, 0.15) is 24.3 Å². The van der Waals surface area contributed by atoms with Gasteiger partial charge in [0.25, 0.3) is 0 Å². The molecule has 0 fully saturated rings. The molecule has 0 amide bonds. The van der Waals surface area contributed by atoms with Gasteiger partial charge in [0.15, 0.2) is 15.5 Å². The van der Waals surface area contributed by atoms with Gasteiger partial charge in [0.2, 0.25) is 0 Å². The van der Waals surface area contributed by atoms with Crippen LogP contribution in [0.3, 0.4) is 0 Å². The molecule has 2 aromatic carbocycles. The molecule has 1 N–H and O–H groups in total. The molecule has 0 aliphatic carbocycles. The van der Waals surface area contributed by atoms with E-state index in [9.17, 15) is 18.3 Å². The molecule has 0 spiro atoms. The Labute approximate surface area is 164 Å². The van der Waals surface area contributed by atoms with Gasteiger partial charge in [-0.15, -0.1) is 0 Å². The molecule has 0 radical (unpaired) electrons. The van der Waals surface area contributed by atoms with Crippen LogP contribution < -0.4 is 0 Å². The lowest BCUT2D eigenvalue weighted by molar-refractivity contribution is 0.0689. The van der Waals surface area contributed by atoms with Gasteiger partial charge in [0, 0.05) is 12.8 Å². The second-order valence-electron chi connectivity index (χ2n) is 7.17. The van der Waals surface area contributed by atoms with Crippen molar-refractivity contribution in [1.29, 1.82) is 0 Å². The van der Waals surface area contributed by atoms with Crippen molar-refractivity contribution in [3.8, 4) is 22.4 Å². The van der Waals surface area contributed by atoms with Gasteiger partial charge in [-0.1, -0.05) is 50.2 Å². The number of carbonyl (C=O) groups is 1. The first-order chi connectivity index (χ1) is 13.1. The smallest absolute Gasteiger partial charge is 0.356 e. The van der Waals surface area contributed by atoms with Crippen molar-refractivity contribution in [2.45, 2.75) is 25.3 Å². The molecule has 6 nitrogen and oxygen atoms in total. The first-order valence-corrected chi connectivity index (χ1v) is 10.8. The summed E-state index contributed by atoms with van der Waals surface area (Å²) in [7, 11) is -3.27. The van der Waals surface area contributed by atoms with E-state index in [-0.39, 0.29) is 10.6 Å². The molecule has 0 aliphatic rings. The number of aromatic nitrogens is 2. The highest BCUT2D eigenvalue weighted by molar-refractivity contribution is 7.90. The van der Waals surface area contributed by atoms with Gasteiger partial charge in [0.1, 0.15) is 0 Å². The van der Waals surface area contributed by atoms with Crippen LogP contribution in [0.2, 0.25) is 0 Å². The molecule has 146 valence electrons. The van der Waals surface area contributed by atoms with E-state index in [1.807, 2.05) is 44.2 Å². The lowest BCUT2D eigenvalue weighted by Crippen LogP contribution is -2.09. The summed E-state index contributed by atoms with van der Waals surface area (Å²) in [5, 5.41) is 13.5. The summed E-state index contributed by atoms with van der Waals surface area (Å²) in [4.78, 5) is 11.6. The topological polar surface area (TPSA) is 89.3 Å². The normalized spacial score (nSPS) is 11.7. The maximum absolute atomic E-state index is 11.8. The maximum atomic E-state index is 11.8. The minimum atomic E-state index is -3.27. The molecular weight excluding hydrogens is 376 g/mol. The fourth-order valence-electron chi connectivity index (χ4n) is 2.98. The Balaban J connectivity index is 1.99. The van der Waals surface area contributed by atoms with Crippen molar-refractivity contribution in [1.82, 2.24) is 9.78 Å². The van der Waals surface area contributed by atoms with Crippen LogP contribution in [0.25, 0.3) is 22.4 Å². The molecular formula is C21H22N2O4S. The van der Waals surface area contributed by atoms with E-state index >= 15 is 0 Å². The zero-order valence-corrected chi connectivity index (χ0v) is 16.8. The Hall–Kier alpha value is -2.93. The number of hydrogen-bond acceptors (Lipinski definition) is 4. The third kappa shape index (κ3) is 4.31. The highest BCUT2D eigenvalue weighted by atomic mass is 32.2. The molecule has 0 saturated heterocycles. The molecule has 3 rings (SSSR count). The number of carboxylic acid groups (broad SMARTS) is 1. The van der Waals surface area contributed by atoms with Crippen molar-refractivity contribution in [2.24, 2.45) is 5.92 Å². The number of hydrogen-bond donors (Lipinski definition) is 1. The largest absolute Gasteiger partial charge is 0.476 e. The fraction of sp³-hybridized carbons (Fsp3) is 0.238. The summed E-state index contributed by atoms with van der Waals surface area (Å²) in [5.41, 5.74) is 3.28. The van der Waals surface area contributed by atoms with Crippen LogP contribution in [0.5, 0.6) is 0 Å². The molecule has 28 heavy (non-hydrogen) atoms. The second kappa shape index (κ2) is 7.59. The average molecular weight is 398 g/mol. The summed E-state index contributed by atoms with van der Waals surface area (Å²) in [6.07, 6.45) is 1.19. The second-order valence-corrected chi connectivity index (χ2v) is 9.19. The highest BCUT2D eigenvalue weighted by Gasteiger charge is 2.16. The lowest BCUT2D eigenvalue weighted by atomic mass is 10.0. The summed E-state index contributed by atoms with van der Waals surface area (Å²) in [6.45, 7) is 4.70. The molecule has 1 aromatic heterocycles. The zero-order valence-electron chi connectivity index (χ0n) is 16.0. The van der Waals surface area contributed by atoms with Crippen molar-refractivity contribution < 1.29 is 18.3 Å². The van der Waals surface area contributed by atoms with E-state index in [1.165, 1.54) is 6.26 Å². The number of aromatic carboxylic acids is 1. The fourth-order valence-corrected chi connectivity index (χ4v) is 3.65. The average Bonchev–Trinajstić information content (AvgIpc) is 3.05. The summed E-state index contributed by atoms with van der Waals surface area (Å²) in [6, 6.07) is 15.9. The first-order valence-electron chi connectivity index (χ1n) is 8.87. The third-order valence-electron chi connectivity index (χ3n) is 4.31. The van der Waals surface area contributed by atoms with Crippen LogP contribution in [-0.2, 0) is 16.4 Å². The minimum absolute atomic E-state index is 0.0144. The van der Waals surface area contributed by atoms with Crippen LogP contribution in [0.4, 0.5) is 0 Å². The number of carboxylic acids is 1. The molecule has 1 heterocycles. The lowest BCUT2D eigenvalue weighted by Gasteiger charge is -2.11. The Morgan fingerprint density at radius 2 is 1.68 bits per heavy atom. The van der Waals surface area contributed by atoms with Crippen molar-refractivity contribution in [3.05, 3.63) is 60.3 Å². The Kier molecular flexibility index (Phi) is 5.38. The van der Waals surface area contributed by atoms with E-state index in [0.717, 1.165) is 22.4 Å². The highest BCUT2D eigenvalue weighted by Crippen LogP contribution is 2.27. The van der Waals surface area contributed by atoms with E-state index in [2.05, 4.69) is 5.10 Å². The van der Waals surface area contributed by atoms with E-state index in [1.54, 1.807) is 28.9 Å². The van der Waals surface area contributed by atoms with Crippen LogP contribution in [0.15, 0.2) is 59.5 Å². The standard InChI is InChI=1S/C21H22N2O4S/c1-14(2)13-23-20(12-19(22-23)21(24)25)16-9-7-15(8-10-16)17-5-4-6-18(11-17)28(3,26)27/h4-12,14H,13H2,1-3H3,(H,24,25). The predicted octanol–water partition coefficient (Wildman–Crippen LogP) is 3.97. The van der Waals surface area contributed by atoms with E-state index in [0.29, 0.717) is 12.5 Å². The summed E-state index contributed by atoms with van der Waals surface area (Å²) < 4.78 is 25.3. The van der Waals surface area contributed by atoms with Crippen LogP contribution in [0, 0.1) is 5.92 Å². The monoisotopic (exact) mass is 398 g/mol. The quantitative estimate of drug-likeness (QED) is 0.678. The third-order valence-corrected chi connectivity index (χ3v) is 5.42. The Morgan fingerprint density at radius 3 is 2.25 bits per heavy atom. The van der Waals surface area contributed by atoms with Gasteiger partial charge >= 0.3 is 5.97 Å². The van der Waals surface area contributed by atoms with Crippen LogP contribution >= 0.6 is 0 Å². The van der Waals surface area contributed by atoms with Gasteiger partial charge in [-0.2, -0.15) is 5.10 Å². The molecule has 0 atom stereocenters. The van der Waals surface area contributed by atoms with Crippen molar-refractivity contribution in [2.75, 3.05) is 6.26 Å². The minimum Gasteiger partial charge on any atom is -0.476 e. The number of rotatable bonds is 6.